The maximum Gasteiger partial charge on any atom is 0.150 e. The van der Waals surface area contributed by atoms with Gasteiger partial charge in [0.25, 0.3) is 0 Å². The van der Waals surface area contributed by atoms with Crippen molar-refractivity contribution in [3.8, 4) is 0 Å². The molecule has 2 rings (SSSR count). The van der Waals surface area contributed by atoms with Crippen molar-refractivity contribution >= 4 is 6.29 Å². The van der Waals surface area contributed by atoms with E-state index < -0.39 is 0 Å². The van der Waals surface area contributed by atoms with Crippen LogP contribution in [0, 0.1) is 11.8 Å². The summed E-state index contributed by atoms with van der Waals surface area (Å²) in [6.07, 6.45) is 10.5. The van der Waals surface area contributed by atoms with Gasteiger partial charge in [-0.1, -0.05) is 63.3 Å². The van der Waals surface area contributed by atoms with Crippen LogP contribution >= 0.6 is 0 Å². The number of aldehydes is 1. The van der Waals surface area contributed by atoms with Crippen molar-refractivity contribution in [2.24, 2.45) is 11.8 Å². The highest BCUT2D eigenvalue weighted by molar-refractivity contribution is 5.74. The zero-order chi connectivity index (χ0) is 12.8. The highest BCUT2D eigenvalue weighted by atomic mass is 16.1. The second-order valence-corrected chi connectivity index (χ2v) is 5.61. The summed E-state index contributed by atoms with van der Waals surface area (Å²) in [6.45, 7) is 2.34. The first kappa shape index (κ1) is 13.3. The molecule has 0 N–H and O–H groups in total. The van der Waals surface area contributed by atoms with E-state index in [0.29, 0.717) is 0 Å². The largest absolute Gasteiger partial charge is 0.298 e. The lowest BCUT2D eigenvalue weighted by molar-refractivity contribution is 0.112. The molecule has 18 heavy (non-hydrogen) atoms. The smallest absolute Gasteiger partial charge is 0.150 e. The van der Waals surface area contributed by atoms with E-state index in [-0.39, 0.29) is 0 Å². The van der Waals surface area contributed by atoms with Crippen LogP contribution in [0.3, 0.4) is 0 Å². The van der Waals surface area contributed by atoms with Gasteiger partial charge in [0, 0.05) is 5.56 Å². The third kappa shape index (κ3) is 3.44. The summed E-state index contributed by atoms with van der Waals surface area (Å²) in [5.74, 6) is 1.88. The van der Waals surface area contributed by atoms with Crippen molar-refractivity contribution in [2.45, 2.75) is 51.9 Å². The minimum atomic E-state index is 0.780. The van der Waals surface area contributed by atoms with Crippen LogP contribution in [0.4, 0.5) is 0 Å². The van der Waals surface area contributed by atoms with Crippen LogP contribution in [0.25, 0.3) is 0 Å². The molecule has 1 nitrogen and oxygen atoms in total. The Morgan fingerprint density at radius 1 is 1.11 bits per heavy atom. The first-order valence-electron chi connectivity index (χ1n) is 7.37. The molecular formula is C17H24O. The number of hydrogen-bond donors (Lipinski definition) is 0. The molecule has 2 unspecified atom stereocenters. The van der Waals surface area contributed by atoms with Crippen LogP contribution in [0.1, 0.15) is 61.4 Å². The monoisotopic (exact) mass is 244 g/mol. The topological polar surface area (TPSA) is 17.1 Å². The molecule has 0 aromatic heterocycles. The fourth-order valence-corrected chi connectivity index (χ4v) is 3.32. The van der Waals surface area contributed by atoms with Crippen LogP contribution in [0.2, 0.25) is 0 Å². The predicted molar refractivity (Wildman–Crippen MR) is 75.9 cm³/mol. The van der Waals surface area contributed by atoms with Gasteiger partial charge in [-0.05, 0) is 30.2 Å². The Bertz CT molecular complexity index is 366. The van der Waals surface area contributed by atoms with Crippen molar-refractivity contribution in [3.63, 3.8) is 0 Å². The normalized spacial score (nSPS) is 23.8. The number of benzene rings is 1. The lowest BCUT2D eigenvalue weighted by Crippen LogP contribution is -2.19. The van der Waals surface area contributed by atoms with E-state index in [1.807, 2.05) is 12.1 Å². The van der Waals surface area contributed by atoms with Crippen LogP contribution < -0.4 is 0 Å². The standard InChI is InChI=1S/C17H24O/c1-2-16-5-3-4-6-17(16)12-11-14-7-9-15(13-18)10-8-14/h7-10,13,16-17H,2-6,11-12H2,1H3. The van der Waals surface area contributed by atoms with Gasteiger partial charge in [-0.15, -0.1) is 0 Å². The summed E-state index contributed by atoms with van der Waals surface area (Å²) in [7, 11) is 0. The lowest BCUT2D eigenvalue weighted by atomic mass is 9.75. The first-order chi connectivity index (χ1) is 8.83. The summed E-state index contributed by atoms with van der Waals surface area (Å²) in [4.78, 5) is 10.6. The van der Waals surface area contributed by atoms with E-state index in [9.17, 15) is 4.79 Å². The Morgan fingerprint density at radius 2 is 1.78 bits per heavy atom. The minimum Gasteiger partial charge on any atom is -0.298 e. The summed E-state index contributed by atoms with van der Waals surface area (Å²) in [5.41, 5.74) is 2.16. The zero-order valence-electron chi connectivity index (χ0n) is 11.4. The van der Waals surface area contributed by atoms with Gasteiger partial charge in [0.05, 0.1) is 0 Å². The molecule has 98 valence electrons. The third-order valence-corrected chi connectivity index (χ3v) is 4.51. The second kappa shape index (κ2) is 6.72. The molecule has 1 aromatic carbocycles. The Labute approximate surface area is 111 Å². The predicted octanol–water partition coefficient (Wildman–Crippen LogP) is 4.65. The van der Waals surface area contributed by atoms with Gasteiger partial charge < -0.3 is 0 Å². The van der Waals surface area contributed by atoms with E-state index in [2.05, 4.69) is 19.1 Å². The average Bonchev–Trinajstić information content (AvgIpc) is 2.46. The third-order valence-electron chi connectivity index (χ3n) is 4.51. The van der Waals surface area contributed by atoms with E-state index >= 15 is 0 Å². The maximum atomic E-state index is 10.6. The number of aryl methyl sites for hydroxylation is 1. The fraction of sp³-hybridized carbons (Fsp3) is 0.588. The molecule has 1 aromatic rings. The number of carbonyl (C=O) groups excluding carboxylic acids is 1. The highest BCUT2D eigenvalue weighted by Gasteiger charge is 2.22. The molecular weight excluding hydrogens is 220 g/mol. The van der Waals surface area contributed by atoms with Gasteiger partial charge in [0.2, 0.25) is 0 Å². The van der Waals surface area contributed by atoms with E-state index in [1.54, 1.807) is 0 Å². The van der Waals surface area contributed by atoms with Crippen molar-refractivity contribution in [2.75, 3.05) is 0 Å². The Balaban J connectivity index is 1.87. The van der Waals surface area contributed by atoms with Gasteiger partial charge in [-0.25, -0.2) is 0 Å². The number of carbonyl (C=O) groups is 1. The Kier molecular flexibility index (Phi) is 4.98. The van der Waals surface area contributed by atoms with Gasteiger partial charge in [0.1, 0.15) is 6.29 Å². The van der Waals surface area contributed by atoms with Gasteiger partial charge in [-0.3, -0.25) is 4.79 Å². The molecule has 1 aliphatic rings. The van der Waals surface area contributed by atoms with Gasteiger partial charge >= 0.3 is 0 Å². The highest BCUT2D eigenvalue weighted by Crippen LogP contribution is 2.35. The van der Waals surface area contributed by atoms with Crippen molar-refractivity contribution in [1.29, 1.82) is 0 Å². The Hall–Kier alpha value is -1.11. The van der Waals surface area contributed by atoms with Crippen LogP contribution in [0.15, 0.2) is 24.3 Å². The quantitative estimate of drug-likeness (QED) is 0.689. The van der Waals surface area contributed by atoms with E-state index in [1.165, 1.54) is 50.5 Å². The summed E-state index contributed by atoms with van der Waals surface area (Å²) < 4.78 is 0. The molecule has 0 amide bonds. The number of hydrogen-bond acceptors (Lipinski definition) is 1. The molecule has 1 saturated carbocycles. The van der Waals surface area contributed by atoms with Gasteiger partial charge in [0.15, 0.2) is 0 Å². The molecule has 1 heteroatoms. The molecule has 0 bridgehead atoms. The molecule has 0 heterocycles. The fourth-order valence-electron chi connectivity index (χ4n) is 3.32. The summed E-state index contributed by atoms with van der Waals surface area (Å²) >= 11 is 0. The molecule has 1 aliphatic carbocycles. The van der Waals surface area contributed by atoms with Crippen molar-refractivity contribution < 1.29 is 4.79 Å². The second-order valence-electron chi connectivity index (χ2n) is 5.61. The van der Waals surface area contributed by atoms with Gasteiger partial charge in [-0.2, -0.15) is 0 Å². The molecule has 0 aliphatic heterocycles. The van der Waals surface area contributed by atoms with E-state index in [4.69, 9.17) is 0 Å². The molecule has 0 saturated heterocycles. The molecule has 1 fully saturated rings. The van der Waals surface area contributed by atoms with Crippen LogP contribution in [0.5, 0.6) is 0 Å². The SMILES string of the molecule is CCC1CCCCC1CCc1ccc(C=O)cc1. The first-order valence-corrected chi connectivity index (χ1v) is 7.37. The molecule has 2 atom stereocenters. The number of rotatable bonds is 5. The zero-order valence-corrected chi connectivity index (χ0v) is 11.4. The summed E-state index contributed by atoms with van der Waals surface area (Å²) in [6, 6.07) is 8.07. The lowest BCUT2D eigenvalue weighted by Gasteiger charge is -2.30. The maximum absolute atomic E-state index is 10.6. The van der Waals surface area contributed by atoms with Crippen molar-refractivity contribution in [3.05, 3.63) is 35.4 Å². The van der Waals surface area contributed by atoms with Crippen LogP contribution in [-0.2, 0) is 6.42 Å². The molecule has 0 radical (unpaired) electrons. The summed E-state index contributed by atoms with van der Waals surface area (Å²) in [5, 5.41) is 0. The van der Waals surface area contributed by atoms with E-state index in [0.717, 1.165) is 23.7 Å². The average molecular weight is 244 g/mol. The minimum absolute atomic E-state index is 0.780. The van der Waals surface area contributed by atoms with Crippen LogP contribution in [-0.4, -0.2) is 6.29 Å². The Morgan fingerprint density at radius 3 is 2.39 bits per heavy atom. The van der Waals surface area contributed by atoms with Crippen molar-refractivity contribution in [1.82, 2.24) is 0 Å². The molecule has 0 spiro atoms.